The van der Waals surface area contributed by atoms with E-state index >= 15 is 0 Å². The van der Waals surface area contributed by atoms with Crippen LogP contribution in [0.4, 0.5) is 5.00 Å². The average molecular weight is 542 g/mol. The van der Waals surface area contributed by atoms with Gasteiger partial charge in [0.1, 0.15) is 11.1 Å². The molecule has 39 heavy (non-hydrogen) atoms. The van der Waals surface area contributed by atoms with Crippen LogP contribution >= 0.6 is 11.3 Å². The zero-order valence-corrected chi connectivity index (χ0v) is 22.7. The second-order valence-corrected chi connectivity index (χ2v) is 10.5. The molecule has 1 amide bonds. The Morgan fingerprint density at radius 1 is 1.13 bits per heavy atom. The summed E-state index contributed by atoms with van der Waals surface area (Å²) in [7, 11) is 3.11. The molecule has 0 saturated heterocycles. The molecule has 198 valence electrons. The first-order valence-electron chi connectivity index (χ1n) is 12.6. The summed E-state index contributed by atoms with van der Waals surface area (Å²) >= 11 is 1.43. The Hall–Kier alpha value is -4.42. The number of fused-ring (bicyclic) bond motifs is 2. The Morgan fingerprint density at radius 2 is 1.92 bits per heavy atom. The lowest BCUT2D eigenvalue weighted by Crippen LogP contribution is -2.21. The number of nitrogens with zero attached hydrogens (tertiary/aromatic N) is 2. The van der Waals surface area contributed by atoms with Crippen LogP contribution in [0.1, 0.15) is 39.7 Å². The fraction of sp³-hybridized carbons (Fsp3) is 0.267. The summed E-state index contributed by atoms with van der Waals surface area (Å²) in [6.45, 7) is 1.71. The van der Waals surface area contributed by atoms with Crippen molar-refractivity contribution in [3.05, 3.63) is 70.1 Å². The normalized spacial score (nSPS) is 14.3. The Kier molecular flexibility index (Phi) is 7.48. The number of pyridine rings is 1. The number of para-hydroxylation sites is 1. The van der Waals surface area contributed by atoms with E-state index in [9.17, 15) is 14.9 Å². The highest BCUT2D eigenvalue weighted by Crippen LogP contribution is 2.39. The summed E-state index contributed by atoms with van der Waals surface area (Å²) < 4.78 is 16.2. The maximum absolute atomic E-state index is 13.2. The largest absolute Gasteiger partial charge is 0.493 e. The third-order valence-electron chi connectivity index (χ3n) is 6.83. The number of carbonyl (C=O) groups is 2. The molecule has 9 heteroatoms. The van der Waals surface area contributed by atoms with Gasteiger partial charge in [0.15, 0.2) is 18.1 Å². The predicted octanol–water partition coefficient (Wildman–Crippen LogP) is 5.77. The van der Waals surface area contributed by atoms with Crippen molar-refractivity contribution in [2.24, 2.45) is 5.92 Å². The first-order valence-corrected chi connectivity index (χ1v) is 13.4. The molecule has 8 nitrogen and oxygen atoms in total. The number of rotatable bonds is 7. The zero-order chi connectivity index (χ0) is 27.5. The highest BCUT2D eigenvalue weighted by atomic mass is 32.1. The lowest BCUT2D eigenvalue weighted by Gasteiger charge is -2.17. The van der Waals surface area contributed by atoms with Gasteiger partial charge >= 0.3 is 5.97 Å². The second kappa shape index (κ2) is 11.1. The van der Waals surface area contributed by atoms with E-state index in [1.807, 2.05) is 24.3 Å². The van der Waals surface area contributed by atoms with Gasteiger partial charge in [-0.3, -0.25) is 4.79 Å². The number of esters is 1. The van der Waals surface area contributed by atoms with E-state index in [1.54, 1.807) is 38.5 Å². The Morgan fingerprint density at radius 3 is 2.69 bits per heavy atom. The number of nitriles is 1. The van der Waals surface area contributed by atoms with Crippen LogP contribution in [-0.4, -0.2) is 37.7 Å². The van der Waals surface area contributed by atoms with Crippen LogP contribution in [0.5, 0.6) is 11.5 Å². The molecule has 1 atom stereocenters. The molecule has 0 fully saturated rings. The molecular weight excluding hydrogens is 514 g/mol. The fourth-order valence-corrected chi connectivity index (χ4v) is 6.19. The minimum atomic E-state index is -0.648. The number of methoxy groups -OCH3 is 2. The van der Waals surface area contributed by atoms with E-state index < -0.39 is 18.5 Å². The van der Waals surface area contributed by atoms with Gasteiger partial charge in [0, 0.05) is 15.8 Å². The first kappa shape index (κ1) is 26.2. The average Bonchev–Trinajstić information content (AvgIpc) is 3.30. The summed E-state index contributed by atoms with van der Waals surface area (Å²) in [6.07, 6.45) is 2.75. The van der Waals surface area contributed by atoms with Crippen LogP contribution in [0.15, 0.2) is 48.5 Å². The molecule has 1 unspecified atom stereocenters. The molecule has 1 aliphatic carbocycles. The predicted molar refractivity (Wildman–Crippen MR) is 149 cm³/mol. The van der Waals surface area contributed by atoms with Gasteiger partial charge in [-0.1, -0.05) is 25.1 Å². The van der Waals surface area contributed by atoms with Crippen molar-refractivity contribution in [1.29, 1.82) is 5.26 Å². The number of aromatic nitrogens is 1. The van der Waals surface area contributed by atoms with Crippen LogP contribution in [-0.2, 0) is 22.4 Å². The third kappa shape index (κ3) is 5.29. The topological polar surface area (TPSA) is 111 Å². The molecule has 0 radical (unpaired) electrons. The van der Waals surface area contributed by atoms with Gasteiger partial charge in [0.05, 0.1) is 36.6 Å². The van der Waals surface area contributed by atoms with Crippen molar-refractivity contribution in [3.8, 4) is 28.8 Å². The first-order chi connectivity index (χ1) is 18.9. The molecule has 1 aliphatic rings. The molecular formula is C30H27N3O5S. The van der Waals surface area contributed by atoms with E-state index in [0.29, 0.717) is 44.6 Å². The van der Waals surface area contributed by atoms with Crippen molar-refractivity contribution in [3.63, 3.8) is 0 Å². The van der Waals surface area contributed by atoms with E-state index in [0.717, 1.165) is 35.3 Å². The van der Waals surface area contributed by atoms with Crippen molar-refractivity contribution in [2.45, 2.75) is 26.2 Å². The molecule has 2 aromatic heterocycles. The van der Waals surface area contributed by atoms with Gasteiger partial charge in [-0.25, -0.2) is 9.78 Å². The molecule has 1 N–H and O–H groups in total. The van der Waals surface area contributed by atoms with Crippen LogP contribution in [0.3, 0.4) is 0 Å². The number of carbonyl (C=O) groups excluding carboxylic acids is 2. The molecule has 4 aromatic rings. The molecule has 0 spiro atoms. The number of amides is 1. The summed E-state index contributed by atoms with van der Waals surface area (Å²) in [4.78, 5) is 31.8. The van der Waals surface area contributed by atoms with E-state index in [1.165, 1.54) is 11.3 Å². The van der Waals surface area contributed by atoms with Gasteiger partial charge in [0.2, 0.25) is 0 Å². The summed E-state index contributed by atoms with van der Waals surface area (Å²) in [5.74, 6) is 0.516. The fourth-order valence-electron chi connectivity index (χ4n) is 4.82. The highest BCUT2D eigenvalue weighted by Gasteiger charge is 2.25. The van der Waals surface area contributed by atoms with Gasteiger partial charge < -0.3 is 19.5 Å². The lowest BCUT2D eigenvalue weighted by atomic mass is 9.89. The van der Waals surface area contributed by atoms with Gasteiger partial charge in [-0.2, -0.15) is 5.26 Å². The van der Waals surface area contributed by atoms with Crippen LogP contribution in [0.25, 0.3) is 22.2 Å². The maximum atomic E-state index is 13.2. The minimum absolute atomic E-state index is 0.288. The Labute approximate surface area is 230 Å². The van der Waals surface area contributed by atoms with Crippen molar-refractivity contribution in [2.75, 3.05) is 26.1 Å². The van der Waals surface area contributed by atoms with E-state index in [2.05, 4.69) is 18.3 Å². The maximum Gasteiger partial charge on any atom is 0.339 e. The van der Waals surface area contributed by atoms with E-state index in [-0.39, 0.29) is 5.56 Å². The molecule has 0 saturated carbocycles. The van der Waals surface area contributed by atoms with Crippen molar-refractivity contribution in [1.82, 2.24) is 4.98 Å². The van der Waals surface area contributed by atoms with Gasteiger partial charge in [-0.05, 0) is 61.1 Å². The molecule has 2 heterocycles. The number of nitrogens with one attached hydrogen (secondary N) is 1. The molecule has 2 aromatic carbocycles. The standard InChI is InChI=1S/C30H27N3O5S/c1-17-8-10-20-22(15-31)29(39-27(20)12-17)33-28(34)16-38-30(35)21-14-24(32-23-7-5-4-6-19(21)23)18-9-11-25(36-2)26(13-18)37-3/h4-7,9,11,13-14,17H,8,10,12,16H2,1-3H3,(H,33,34). The summed E-state index contributed by atoms with van der Waals surface area (Å²) in [5.41, 5.74) is 3.71. The van der Waals surface area contributed by atoms with Crippen LogP contribution < -0.4 is 14.8 Å². The number of hydrogen-bond donors (Lipinski definition) is 1. The lowest BCUT2D eigenvalue weighted by molar-refractivity contribution is -0.119. The van der Waals surface area contributed by atoms with Gasteiger partial charge in [-0.15, -0.1) is 11.3 Å². The number of benzene rings is 2. The zero-order valence-electron chi connectivity index (χ0n) is 21.9. The highest BCUT2D eigenvalue weighted by molar-refractivity contribution is 7.16. The van der Waals surface area contributed by atoms with Crippen LogP contribution in [0.2, 0.25) is 0 Å². The van der Waals surface area contributed by atoms with Crippen molar-refractivity contribution >= 4 is 39.1 Å². The Bertz CT molecular complexity index is 1620. The molecule has 0 aliphatic heterocycles. The molecule has 0 bridgehead atoms. The monoisotopic (exact) mass is 541 g/mol. The number of anilines is 1. The second-order valence-electron chi connectivity index (χ2n) is 9.43. The Balaban J connectivity index is 1.37. The quantitative estimate of drug-likeness (QED) is 0.296. The SMILES string of the molecule is COc1ccc(-c2cc(C(=O)OCC(=O)Nc3sc4c(c3C#N)CCC(C)C4)c3ccccc3n2)cc1OC. The van der Waals surface area contributed by atoms with Gasteiger partial charge in [0.25, 0.3) is 5.91 Å². The smallest absolute Gasteiger partial charge is 0.339 e. The number of hydrogen-bond acceptors (Lipinski definition) is 8. The summed E-state index contributed by atoms with van der Waals surface area (Å²) in [5, 5.41) is 13.6. The molecule has 5 rings (SSSR count). The minimum Gasteiger partial charge on any atom is -0.493 e. The summed E-state index contributed by atoms with van der Waals surface area (Å²) in [6, 6.07) is 16.5. The third-order valence-corrected chi connectivity index (χ3v) is 8.00. The number of ether oxygens (including phenoxy) is 3. The number of thiophene rings is 1. The van der Waals surface area contributed by atoms with Crippen molar-refractivity contribution < 1.29 is 23.8 Å². The van der Waals surface area contributed by atoms with E-state index in [4.69, 9.17) is 19.2 Å². The van der Waals surface area contributed by atoms with Crippen LogP contribution in [0, 0.1) is 17.2 Å².